The van der Waals surface area contributed by atoms with E-state index < -0.39 is 0 Å². The number of carbonyl (C=O) groups excluding carboxylic acids is 1. The van der Waals surface area contributed by atoms with Crippen molar-refractivity contribution in [2.45, 2.75) is 18.9 Å². The predicted octanol–water partition coefficient (Wildman–Crippen LogP) is 3.91. The number of hydrogen-bond acceptors (Lipinski definition) is 3. The maximum absolute atomic E-state index is 12.3. The summed E-state index contributed by atoms with van der Waals surface area (Å²) in [7, 11) is 0. The SMILES string of the molecule is O=C(C1=NOC(Cc2ccccc2)C1)c1ccc(Cl)cc1. The van der Waals surface area contributed by atoms with Gasteiger partial charge in [-0.25, -0.2) is 0 Å². The third kappa shape index (κ3) is 3.31. The molecule has 0 saturated carbocycles. The van der Waals surface area contributed by atoms with E-state index in [1.807, 2.05) is 30.3 Å². The number of hydrogen-bond donors (Lipinski definition) is 0. The molecule has 4 heteroatoms. The Morgan fingerprint density at radius 3 is 2.57 bits per heavy atom. The van der Waals surface area contributed by atoms with Gasteiger partial charge in [-0.1, -0.05) is 47.1 Å². The van der Waals surface area contributed by atoms with Crippen LogP contribution in [0.2, 0.25) is 5.02 Å². The standard InChI is InChI=1S/C17H14ClNO2/c18-14-8-6-13(7-9-14)17(20)16-11-15(21-19-16)10-12-4-2-1-3-5-12/h1-9,15H,10-11H2. The summed E-state index contributed by atoms with van der Waals surface area (Å²) < 4.78 is 0. The summed E-state index contributed by atoms with van der Waals surface area (Å²) in [5.41, 5.74) is 2.23. The number of benzene rings is 2. The van der Waals surface area contributed by atoms with Gasteiger partial charge in [-0.3, -0.25) is 4.79 Å². The lowest BCUT2D eigenvalue weighted by Gasteiger charge is -2.07. The molecule has 0 bridgehead atoms. The minimum absolute atomic E-state index is 0.0707. The van der Waals surface area contributed by atoms with Crippen LogP contribution >= 0.6 is 11.6 Å². The molecule has 3 rings (SSSR count). The van der Waals surface area contributed by atoms with Crippen LogP contribution in [0.25, 0.3) is 0 Å². The van der Waals surface area contributed by atoms with E-state index in [2.05, 4.69) is 5.16 Å². The van der Waals surface area contributed by atoms with E-state index in [0.29, 0.717) is 22.7 Å². The number of ketones is 1. The zero-order valence-electron chi connectivity index (χ0n) is 11.3. The largest absolute Gasteiger partial charge is 0.391 e. The van der Waals surface area contributed by atoms with Crippen molar-refractivity contribution in [2.75, 3.05) is 0 Å². The quantitative estimate of drug-likeness (QED) is 0.803. The van der Waals surface area contributed by atoms with Crippen LogP contribution in [0.5, 0.6) is 0 Å². The molecule has 1 aliphatic rings. The summed E-state index contributed by atoms with van der Waals surface area (Å²) in [5, 5.41) is 4.56. The summed E-state index contributed by atoms with van der Waals surface area (Å²) in [6.07, 6.45) is 1.22. The average molecular weight is 300 g/mol. The van der Waals surface area contributed by atoms with Gasteiger partial charge in [-0.2, -0.15) is 0 Å². The molecule has 0 amide bonds. The van der Waals surface area contributed by atoms with Crippen LogP contribution in [0.15, 0.2) is 59.8 Å². The highest BCUT2D eigenvalue weighted by atomic mass is 35.5. The van der Waals surface area contributed by atoms with Gasteiger partial charge in [0.05, 0.1) is 0 Å². The van der Waals surface area contributed by atoms with Crippen molar-refractivity contribution in [2.24, 2.45) is 5.16 Å². The van der Waals surface area contributed by atoms with Crippen LogP contribution in [-0.4, -0.2) is 17.6 Å². The van der Waals surface area contributed by atoms with Crippen molar-refractivity contribution in [3.63, 3.8) is 0 Å². The van der Waals surface area contributed by atoms with Crippen molar-refractivity contribution in [3.8, 4) is 0 Å². The summed E-state index contributed by atoms with van der Waals surface area (Å²) in [6.45, 7) is 0. The Hall–Kier alpha value is -2.13. The fraction of sp³-hybridized carbons (Fsp3) is 0.176. The van der Waals surface area contributed by atoms with E-state index in [4.69, 9.17) is 16.4 Å². The maximum Gasteiger partial charge on any atom is 0.210 e. The summed E-state index contributed by atoms with van der Waals surface area (Å²) >= 11 is 5.82. The lowest BCUT2D eigenvalue weighted by molar-refractivity contribution is 0.0858. The van der Waals surface area contributed by atoms with E-state index in [9.17, 15) is 4.79 Å². The van der Waals surface area contributed by atoms with Crippen molar-refractivity contribution in [3.05, 3.63) is 70.7 Å². The summed E-state index contributed by atoms with van der Waals surface area (Å²) in [6, 6.07) is 16.9. The molecule has 3 nitrogen and oxygen atoms in total. The first kappa shape index (κ1) is 13.8. The van der Waals surface area contributed by atoms with Crippen molar-refractivity contribution >= 4 is 23.1 Å². The molecule has 1 atom stereocenters. The Balaban J connectivity index is 1.64. The van der Waals surface area contributed by atoms with Gasteiger partial charge in [0.25, 0.3) is 0 Å². The minimum Gasteiger partial charge on any atom is -0.391 e. The first-order valence-corrected chi connectivity index (χ1v) is 7.17. The van der Waals surface area contributed by atoms with E-state index in [1.54, 1.807) is 24.3 Å². The molecular formula is C17H14ClNO2. The second-order valence-electron chi connectivity index (χ2n) is 5.00. The predicted molar refractivity (Wildman–Crippen MR) is 82.9 cm³/mol. The average Bonchev–Trinajstić information content (AvgIpc) is 2.97. The van der Waals surface area contributed by atoms with Crippen molar-refractivity contribution < 1.29 is 9.63 Å². The third-order valence-electron chi connectivity index (χ3n) is 3.41. The lowest BCUT2D eigenvalue weighted by atomic mass is 9.99. The molecule has 0 aliphatic carbocycles. The normalized spacial score (nSPS) is 17.2. The molecule has 1 heterocycles. The van der Waals surface area contributed by atoms with Gasteiger partial charge < -0.3 is 4.84 Å². The molecule has 106 valence electrons. The van der Waals surface area contributed by atoms with Gasteiger partial charge in [0.1, 0.15) is 11.8 Å². The fourth-order valence-corrected chi connectivity index (χ4v) is 2.44. The van der Waals surface area contributed by atoms with E-state index >= 15 is 0 Å². The van der Waals surface area contributed by atoms with Crippen LogP contribution < -0.4 is 0 Å². The van der Waals surface area contributed by atoms with Crippen LogP contribution in [0.1, 0.15) is 22.3 Å². The second-order valence-corrected chi connectivity index (χ2v) is 5.43. The van der Waals surface area contributed by atoms with Crippen LogP contribution in [-0.2, 0) is 11.3 Å². The highest BCUT2D eigenvalue weighted by Gasteiger charge is 2.26. The van der Waals surface area contributed by atoms with Gasteiger partial charge in [0, 0.05) is 23.4 Å². The zero-order chi connectivity index (χ0) is 14.7. The van der Waals surface area contributed by atoms with Crippen LogP contribution in [0.4, 0.5) is 0 Å². The smallest absolute Gasteiger partial charge is 0.210 e. The second kappa shape index (κ2) is 6.10. The maximum atomic E-state index is 12.3. The van der Waals surface area contributed by atoms with Gasteiger partial charge in [0.15, 0.2) is 0 Å². The first-order valence-electron chi connectivity index (χ1n) is 6.79. The Morgan fingerprint density at radius 2 is 1.86 bits per heavy atom. The molecule has 0 radical (unpaired) electrons. The van der Waals surface area contributed by atoms with E-state index in [-0.39, 0.29) is 11.9 Å². The molecule has 0 aromatic heterocycles. The van der Waals surface area contributed by atoms with E-state index in [1.165, 1.54) is 5.56 Å². The Bertz CT molecular complexity index is 665. The number of rotatable bonds is 4. The molecule has 1 unspecified atom stereocenters. The molecule has 0 fully saturated rings. The molecule has 21 heavy (non-hydrogen) atoms. The molecular weight excluding hydrogens is 286 g/mol. The highest BCUT2D eigenvalue weighted by molar-refractivity contribution is 6.46. The number of nitrogens with zero attached hydrogens (tertiary/aromatic N) is 1. The van der Waals surface area contributed by atoms with Crippen molar-refractivity contribution in [1.82, 2.24) is 0 Å². The van der Waals surface area contributed by atoms with Crippen LogP contribution in [0.3, 0.4) is 0 Å². The zero-order valence-corrected chi connectivity index (χ0v) is 12.1. The lowest BCUT2D eigenvalue weighted by Crippen LogP contribution is -2.17. The number of Topliss-reactive ketones (excluding diaryl/α,β-unsaturated/α-hetero) is 1. The monoisotopic (exact) mass is 299 g/mol. The first-order chi connectivity index (χ1) is 10.2. The minimum atomic E-state index is -0.0952. The highest BCUT2D eigenvalue weighted by Crippen LogP contribution is 2.19. The van der Waals surface area contributed by atoms with Crippen molar-refractivity contribution in [1.29, 1.82) is 0 Å². The number of oxime groups is 1. The molecule has 2 aromatic rings. The van der Waals surface area contributed by atoms with Gasteiger partial charge >= 0.3 is 0 Å². The summed E-state index contributed by atoms with van der Waals surface area (Å²) in [5.74, 6) is -0.0952. The fourth-order valence-electron chi connectivity index (χ4n) is 2.32. The molecule has 2 aromatic carbocycles. The number of carbonyl (C=O) groups is 1. The molecule has 0 saturated heterocycles. The Kier molecular flexibility index (Phi) is 4.02. The molecule has 0 spiro atoms. The molecule has 1 aliphatic heterocycles. The van der Waals surface area contributed by atoms with Gasteiger partial charge in [-0.05, 0) is 29.8 Å². The van der Waals surface area contributed by atoms with Crippen LogP contribution in [0, 0.1) is 0 Å². The Morgan fingerprint density at radius 1 is 1.14 bits per heavy atom. The topological polar surface area (TPSA) is 38.7 Å². The molecule has 0 N–H and O–H groups in total. The van der Waals surface area contributed by atoms with E-state index in [0.717, 1.165) is 6.42 Å². The third-order valence-corrected chi connectivity index (χ3v) is 3.66. The Labute approximate surface area is 128 Å². The van der Waals surface area contributed by atoms with Gasteiger partial charge in [-0.15, -0.1) is 0 Å². The number of halogens is 1. The summed E-state index contributed by atoms with van der Waals surface area (Å²) in [4.78, 5) is 17.7. The van der Waals surface area contributed by atoms with Gasteiger partial charge in [0.2, 0.25) is 5.78 Å².